The van der Waals surface area contributed by atoms with Crippen LogP contribution in [-0.2, 0) is 0 Å². The summed E-state index contributed by atoms with van der Waals surface area (Å²) in [5.74, 6) is -0.298. The zero-order valence-electron chi connectivity index (χ0n) is 16.1. The van der Waals surface area contributed by atoms with Gasteiger partial charge in [0, 0.05) is 5.56 Å². The molecule has 158 valence electrons. The minimum atomic E-state index is -0.972. The summed E-state index contributed by atoms with van der Waals surface area (Å²) in [6.07, 6.45) is 1.43. The fourth-order valence-corrected chi connectivity index (χ4v) is 2.80. The van der Waals surface area contributed by atoms with Crippen LogP contribution in [0.15, 0.2) is 60.9 Å². The highest BCUT2D eigenvalue weighted by Crippen LogP contribution is 2.23. The number of aliphatic hydroxyl groups excluding tert-OH is 2. The Morgan fingerprint density at radius 3 is 2.81 bits per heavy atom. The maximum atomic E-state index is 13.0. The van der Waals surface area contributed by atoms with Crippen LogP contribution in [0.25, 0.3) is 16.9 Å². The number of halogens is 1. The fraction of sp³-hybridized carbons (Fsp3) is 0.143. The highest BCUT2D eigenvalue weighted by Gasteiger charge is 2.15. The molecule has 1 atom stereocenters. The largest absolute Gasteiger partial charge is 0.491 e. The molecule has 31 heavy (non-hydrogen) atoms. The van der Waals surface area contributed by atoms with E-state index in [2.05, 4.69) is 20.4 Å². The van der Waals surface area contributed by atoms with Crippen LogP contribution in [-0.4, -0.2) is 55.0 Å². The highest BCUT2D eigenvalue weighted by atomic mass is 19.1. The Balaban J connectivity index is 1.59. The number of carbonyl (C=O) groups excluding carboxylic acids is 1. The first-order valence-corrected chi connectivity index (χ1v) is 9.33. The molecule has 3 aromatic heterocycles. The van der Waals surface area contributed by atoms with Crippen LogP contribution >= 0.6 is 0 Å². The molecule has 0 aliphatic carbocycles. The lowest BCUT2D eigenvalue weighted by atomic mass is 10.1. The van der Waals surface area contributed by atoms with E-state index in [1.807, 2.05) is 6.07 Å². The number of imidazole rings is 1. The van der Waals surface area contributed by atoms with E-state index in [-0.39, 0.29) is 18.1 Å². The SMILES string of the molecule is O=C(Nc1ccc(F)cn1)c1cnc2ccc(-c3cccc(OCC(O)CO)c3)nn12. The summed E-state index contributed by atoms with van der Waals surface area (Å²) < 4.78 is 19.9. The Morgan fingerprint density at radius 1 is 1.16 bits per heavy atom. The molecule has 0 radical (unpaired) electrons. The second-order valence-electron chi connectivity index (χ2n) is 6.62. The molecule has 9 nitrogen and oxygen atoms in total. The van der Waals surface area contributed by atoms with Crippen LogP contribution in [0.1, 0.15) is 10.5 Å². The Bertz CT molecular complexity index is 1210. The number of amides is 1. The molecule has 1 unspecified atom stereocenters. The van der Waals surface area contributed by atoms with Crippen LogP contribution in [0.4, 0.5) is 10.2 Å². The first-order chi connectivity index (χ1) is 15.0. The third kappa shape index (κ3) is 4.65. The summed E-state index contributed by atoms with van der Waals surface area (Å²) in [5, 5.41) is 25.4. The second-order valence-corrected chi connectivity index (χ2v) is 6.62. The van der Waals surface area contributed by atoms with Gasteiger partial charge in [0.05, 0.1) is 24.7 Å². The van der Waals surface area contributed by atoms with Gasteiger partial charge in [-0.05, 0) is 36.4 Å². The number of pyridine rings is 1. The van der Waals surface area contributed by atoms with Gasteiger partial charge >= 0.3 is 0 Å². The van der Waals surface area contributed by atoms with E-state index < -0.39 is 24.4 Å². The van der Waals surface area contributed by atoms with E-state index in [9.17, 15) is 14.3 Å². The molecule has 4 rings (SSSR count). The smallest absolute Gasteiger partial charge is 0.277 e. The lowest BCUT2D eigenvalue weighted by Gasteiger charge is -2.11. The third-order valence-electron chi connectivity index (χ3n) is 4.35. The Hall–Kier alpha value is -3.89. The zero-order valence-corrected chi connectivity index (χ0v) is 16.1. The summed E-state index contributed by atoms with van der Waals surface area (Å²) in [7, 11) is 0. The minimum Gasteiger partial charge on any atom is -0.491 e. The summed E-state index contributed by atoms with van der Waals surface area (Å²) >= 11 is 0. The van der Waals surface area contributed by atoms with Crippen LogP contribution < -0.4 is 10.1 Å². The van der Waals surface area contributed by atoms with Crippen LogP contribution in [0.2, 0.25) is 0 Å². The number of nitrogens with one attached hydrogen (secondary N) is 1. The first-order valence-electron chi connectivity index (χ1n) is 9.33. The number of rotatable bonds is 7. The monoisotopic (exact) mass is 423 g/mol. The van der Waals surface area contributed by atoms with Crippen molar-refractivity contribution in [3.8, 4) is 17.0 Å². The van der Waals surface area contributed by atoms with Gasteiger partial charge in [0.1, 0.15) is 30.1 Å². The van der Waals surface area contributed by atoms with Gasteiger partial charge in [-0.1, -0.05) is 12.1 Å². The topological polar surface area (TPSA) is 122 Å². The van der Waals surface area contributed by atoms with Crippen molar-refractivity contribution in [1.29, 1.82) is 0 Å². The molecule has 0 aliphatic rings. The maximum absolute atomic E-state index is 13.0. The summed E-state index contributed by atoms with van der Waals surface area (Å²) in [4.78, 5) is 20.6. The van der Waals surface area contributed by atoms with E-state index >= 15 is 0 Å². The molecule has 0 aliphatic heterocycles. The van der Waals surface area contributed by atoms with Crippen molar-refractivity contribution < 1.29 is 24.1 Å². The summed E-state index contributed by atoms with van der Waals surface area (Å²) in [6.45, 7) is -0.438. The molecule has 0 saturated carbocycles. The number of hydrogen-bond donors (Lipinski definition) is 3. The maximum Gasteiger partial charge on any atom is 0.277 e. The van der Waals surface area contributed by atoms with Crippen LogP contribution in [0.5, 0.6) is 5.75 Å². The minimum absolute atomic E-state index is 0.0460. The number of aromatic nitrogens is 4. The van der Waals surface area contributed by atoms with Gasteiger partial charge in [-0.25, -0.2) is 18.9 Å². The van der Waals surface area contributed by atoms with E-state index in [1.165, 1.54) is 22.8 Å². The molecule has 3 heterocycles. The van der Waals surface area contributed by atoms with Crippen molar-refractivity contribution in [2.75, 3.05) is 18.5 Å². The number of benzene rings is 1. The van der Waals surface area contributed by atoms with E-state index in [4.69, 9.17) is 9.84 Å². The van der Waals surface area contributed by atoms with Crippen molar-refractivity contribution in [2.45, 2.75) is 6.10 Å². The Kier molecular flexibility index (Phi) is 5.83. The predicted octanol–water partition coefficient (Wildman–Crippen LogP) is 1.91. The van der Waals surface area contributed by atoms with Crippen molar-refractivity contribution in [3.63, 3.8) is 0 Å². The van der Waals surface area contributed by atoms with Crippen LogP contribution in [0.3, 0.4) is 0 Å². The Morgan fingerprint density at radius 2 is 2.03 bits per heavy atom. The van der Waals surface area contributed by atoms with Crippen LogP contribution in [0, 0.1) is 5.82 Å². The van der Waals surface area contributed by atoms with Crippen molar-refractivity contribution >= 4 is 17.4 Å². The molecular formula is C21H18FN5O4. The quantitative estimate of drug-likeness (QED) is 0.415. The molecule has 1 aromatic carbocycles. The number of aliphatic hydroxyl groups is 2. The second kappa shape index (κ2) is 8.86. The molecule has 0 bridgehead atoms. The van der Waals surface area contributed by atoms with Gasteiger partial charge in [-0.3, -0.25) is 4.79 Å². The van der Waals surface area contributed by atoms with E-state index in [0.717, 1.165) is 11.8 Å². The van der Waals surface area contributed by atoms with Gasteiger partial charge in [0.15, 0.2) is 11.3 Å². The van der Waals surface area contributed by atoms with Gasteiger partial charge in [-0.2, -0.15) is 5.10 Å². The molecule has 4 aromatic rings. The third-order valence-corrected chi connectivity index (χ3v) is 4.35. The average Bonchev–Trinajstić information content (AvgIpc) is 3.22. The standard InChI is InChI=1S/C21H18FN5O4/c22-14-4-6-19(23-9-14)25-21(30)18-10-24-20-7-5-17(26-27(18)20)13-2-1-3-16(8-13)31-12-15(29)11-28/h1-10,15,28-29H,11-12H2,(H,23,25,30). The number of hydrogen-bond acceptors (Lipinski definition) is 7. The predicted molar refractivity (Wildman–Crippen MR) is 109 cm³/mol. The first kappa shape index (κ1) is 20.4. The molecule has 1 amide bonds. The van der Waals surface area contributed by atoms with Crippen molar-refractivity contribution in [2.24, 2.45) is 0 Å². The zero-order chi connectivity index (χ0) is 21.8. The normalized spacial score (nSPS) is 12.0. The van der Waals surface area contributed by atoms with Crippen molar-refractivity contribution in [1.82, 2.24) is 19.6 Å². The number of nitrogens with zero attached hydrogens (tertiary/aromatic N) is 4. The van der Waals surface area contributed by atoms with Gasteiger partial charge in [0.25, 0.3) is 5.91 Å². The number of ether oxygens (including phenoxy) is 1. The molecule has 0 spiro atoms. The number of anilines is 1. The average molecular weight is 423 g/mol. The van der Waals surface area contributed by atoms with Crippen molar-refractivity contribution in [3.05, 3.63) is 72.4 Å². The molecular weight excluding hydrogens is 405 g/mol. The lowest BCUT2D eigenvalue weighted by molar-refractivity contribution is 0.0536. The van der Waals surface area contributed by atoms with Gasteiger partial charge < -0.3 is 20.3 Å². The summed E-state index contributed by atoms with van der Waals surface area (Å²) in [5.41, 5.74) is 1.94. The highest BCUT2D eigenvalue weighted by molar-refractivity contribution is 6.02. The van der Waals surface area contributed by atoms with Gasteiger partial charge in [0.2, 0.25) is 0 Å². The molecule has 10 heteroatoms. The molecule has 3 N–H and O–H groups in total. The fourth-order valence-electron chi connectivity index (χ4n) is 2.80. The van der Waals surface area contributed by atoms with E-state index in [0.29, 0.717) is 17.1 Å². The number of fused-ring (bicyclic) bond motifs is 1. The summed E-state index contributed by atoms with van der Waals surface area (Å²) in [6, 6.07) is 13.1. The number of carbonyl (C=O) groups is 1. The lowest BCUT2D eigenvalue weighted by Crippen LogP contribution is -2.21. The molecule has 0 fully saturated rings. The van der Waals surface area contributed by atoms with E-state index in [1.54, 1.807) is 30.3 Å². The Labute approximate surface area is 175 Å². The van der Waals surface area contributed by atoms with Gasteiger partial charge in [-0.15, -0.1) is 0 Å². The molecule has 0 saturated heterocycles.